The van der Waals surface area contributed by atoms with Gasteiger partial charge in [-0.1, -0.05) is 6.07 Å². The number of aryl methyl sites for hydroxylation is 1. The standard InChI is InChI=1S/C15H17N3O2/c1-10-4-5-12(16)14(8-10)20-11-6-7-17-13(9-11)15(19)18(2)3/h4-9H,16H2,1-3H3. The second kappa shape index (κ2) is 5.61. The van der Waals surface area contributed by atoms with Gasteiger partial charge in [0, 0.05) is 26.4 Å². The maximum absolute atomic E-state index is 11.9. The monoisotopic (exact) mass is 271 g/mol. The number of carbonyl (C=O) groups excluding carboxylic acids is 1. The van der Waals surface area contributed by atoms with Crippen LogP contribution >= 0.6 is 0 Å². The summed E-state index contributed by atoms with van der Waals surface area (Å²) in [5, 5.41) is 0. The Morgan fingerprint density at radius 3 is 2.70 bits per heavy atom. The molecule has 0 unspecified atom stereocenters. The maximum atomic E-state index is 11.9. The molecule has 0 spiro atoms. The molecule has 5 heteroatoms. The predicted octanol–water partition coefficient (Wildman–Crippen LogP) is 2.47. The Labute approximate surface area is 118 Å². The van der Waals surface area contributed by atoms with Crippen LogP contribution in [0, 0.1) is 6.92 Å². The lowest BCUT2D eigenvalue weighted by Crippen LogP contribution is -2.22. The van der Waals surface area contributed by atoms with Crippen molar-refractivity contribution >= 4 is 11.6 Å². The summed E-state index contributed by atoms with van der Waals surface area (Å²) >= 11 is 0. The highest BCUT2D eigenvalue weighted by Crippen LogP contribution is 2.28. The summed E-state index contributed by atoms with van der Waals surface area (Å²) in [4.78, 5) is 17.4. The Morgan fingerprint density at radius 2 is 2.00 bits per heavy atom. The van der Waals surface area contributed by atoms with E-state index in [4.69, 9.17) is 10.5 Å². The van der Waals surface area contributed by atoms with Gasteiger partial charge >= 0.3 is 0 Å². The number of nitrogen functional groups attached to an aromatic ring is 1. The molecule has 20 heavy (non-hydrogen) atoms. The number of pyridine rings is 1. The minimum atomic E-state index is -0.173. The van der Waals surface area contributed by atoms with Crippen LogP contribution in [0.2, 0.25) is 0 Å². The molecule has 0 aliphatic rings. The van der Waals surface area contributed by atoms with E-state index >= 15 is 0 Å². The molecule has 2 N–H and O–H groups in total. The van der Waals surface area contributed by atoms with E-state index in [1.54, 1.807) is 32.3 Å². The number of rotatable bonds is 3. The van der Waals surface area contributed by atoms with Crippen LogP contribution in [0.15, 0.2) is 36.5 Å². The zero-order chi connectivity index (χ0) is 14.7. The zero-order valence-corrected chi connectivity index (χ0v) is 11.8. The van der Waals surface area contributed by atoms with Gasteiger partial charge in [0.1, 0.15) is 11.4 Å². The molecule has 104 valence electrons. The molecule has 0 aliphatic heterocycles. The first kappa shape index (κ1) is 13.9. The van der Waals surface area contributed by atoms with Gasteiger partial charge in [-0.05, 0) is 30.7 Å². The van der Waals surface area contributed by atoms with Crippen LogP contribution in [0.25, 0.3) is 0 Å². The van der Waals surface area contributed by atoms with Crippen LogP contribution in [-0.4, -0.2) is 29.9 Å². The molecular weight excluding hydrogens is 254 g/mol. The van der Waals surface area contributed by atoms with Crippen LogP contribution in [-0.2, 0) is 0 Å². The Hall–Kier alpha value is -2.56. The van der Waals surface area contributed by atoms with E-state index in [9.17, 15) is 4.79 Å². The van der Waals surface area contributed by atoms with Crippen molar-refractivity contribution in [3.05, 3.63) is 47.8 Å². The molecule has 0 fully saturated rings. The molecule has 0 atom stereocenters. The third-order valence-electron chi connectivity index (χ3n) is 2.75. The van der Waals surface area contributed by atoms with Crippen molar-refractivity contribution in [3.8, 4) is 11.5 Å². The number of nitrogens with two attached hydrogens (primary N) is 1. The molecule has 5 nitrogen and oxygen atoms in total. The SMILES string of the molecule is Cc1ccc(N)c(Oc2ccnc(C(=O)N(C)C)c2)c1. The number of carbonyl (C=O) groups is 1. The molecule has 0 saturated heterocycles. The average Bonchev–Trinajstić information content (AvgIpc) is 2.42. The molecule has 2 aromatic rings. The summed E-state index contributed by atoms with van der Waals surface area (Å²) in [6.07, 6.45) is 1.54. The molecule has 0 aliphatic carbocycles. The van der Waals surface area contributed by atoms with Gasteiger partial charge in [-0.3, -0.25) is 9.78 Å². The first-order chi connectivity index (χ1) is 9.47. The molecule has 0 bridgehead atoms. The minimum absolute atomic E-state index is 0.173. The van der Waals surface area contributed by atoms with Crippen molar-refractivity contribution in [2.24, 2.45) is 0 Å². The Kier molecular flexibility index (Phi) is 3.89. The largest absolute Gasteiger partial charge is 0.455 e. The Bertz CT molecular complexity index is 639. The molecule has 1 amide bonds. The third-order valence-corrected chi connectivity index (χ3v) is 2.75. The van der Waals surface area contributed by atoms with Crippen LogP contribution in [0.1, 0.15) is 16.1 Å². The smallest absolute Gasteiger partial charge is 0.272 e. The summed E-state index contributed by atoms with van der Waals surface area (Å²) in [7, 11) is 3.35. The molecule has 2 rings (SSSR count). The maximum Gasteiger partial charge on any atom is 0.272 e. The third kappa shape index (κ3) is 3.06. The molecular formula is C15H17N3O2. The van der Waals surface area contributed by atoms with E-state index in [-0.39, 0.29) is 5.91 Å². The van der Waals surface area contributed by atoms with E-state index in [1.165, 1.54) is 11.1 Å². The number of ether oxygens (including phenoxy) is 1. The number of anilines is 1. The van der Waals surface area contributed by atoms with Gasteiger partial charge in [-0.2, -0.15) is 0 Å². The van der Waals surface area contributed by atoms with Gasteiger partial charge in [0.2, 0.25) is 0 Å². The van der Waals surface area contributed by atoms with Crippen molar-refractivity contribution in [1.29, 1.82) is 0 Å². The number of amides is 1. The number of benzene rings is 1. The fourth-order valence-corrected chi connectivity index (χ4v) is 1.68. The normalized spacial score (nSPS) is 10.2. The van der Waals surface area contributed by atoms with Gasteiger partial charge in [-0.15, -0.1) is 0 Å². The Morgan fingerprint density at radius 1 is 1.25 bits per heavy atom. The van der Waals surface area contributed by atoms with Crippen LogP contribution in [0.3, 0.4) is 0 Å². The number of hydrogen-bond donors (Lipinski definition) is 1. The van der Waals surface area contributed by atoms with Crippen molar-refractivity contribution in [3.63, 3.8) is 0 Å². The fraction of sp³-hybridized carbons (Fsp3) is 0.200. The van der Waals surface area contributed by atoms with E-state index < -0.39 is 0 Å². The van der Waals surface area contributed by atoms with Crippen molar-refractivity contribution in [2.45, 2.75) is 6.92 Å². The van der Waals surface area contributed by atoms with E-state index in [1.807, 2.05) is 19.1 Å². The van der Waals surface area contributed by atoms with Crippen molar-refractivity contribution < 1.29 is 9.53 Å². The van der Waals surface area contributed by atoms with Crippen LogP contribution in [0.5, 0.6) is 11.5 Å². The summed E-state index contributed by atoms with van der Waals surface area (Å²) < 4.78 is 5.72. The summed E-state index contributed by atoms with van der Waals surface area (Å²) in [6.45, 7) is 1.96. The fourth-order valence-electron chi connectivity index (χ4n) is 1.68. The molecule has 1 aromatic carbocycles. The summed E-state index contributed by atoms with van der Waals surface area (Å²) in [5.74, 6) is 0.926. The Balaban J connectivity index is 2.28. The second-order valence-electron chi connectivity index (χ2n) is 4.72. The second-order valence-corrected chi connectivity index (χ2v) is 4.72. The molecule has 1 heterocycles. The zero-order valence-electron chi connectivity index (χ0n) is 11.8. The number of hydrogen-bond acceptors (Lipinski definition) is 4. The lowest BCUT2D eigenvalue weighted by molar-refractivity contribution is 0.0821. The van der Waals surface area contributed by atoms with Crippen molar-refractivity contribution in [2.75, 3.05) is 19.8 Å². The first-order valence-electron chi connectivity index (χ1n) is 6.19. The predicted molar refractivity (Wildman–Crippen MR) is 77.9 cm³/mol. The summed E-state index contributed by atoms with van der Waals surface area (Å²) in [6, 6.07) is 8.84. The van der Waals surface area contributed by atoms with Gasteiger partial charge in [0.05, 0.1) is 5.69 Å². The van der Waals surface area contributed by atoms with Gasteiger partial charge in [-0.25, -0.2) is 0 Å². The quantitative estimate of drug-likeness (QED) is 0.871. The van der Waals surface area contributed by atoms with Gasteiger partial charge in [0.15, 0.2) is 5.75 Å². The lowest BCUT2D eigenvalue weighted by atomic mass is 10.2. The number of aromatic nitrogens is 1. The molecule has 0 radical (unpaired) electrons. The van der Waals surface area contributed by atoms with E-state index in [2.05, 4.69) is 4.98 Å². The van der Waals surface area contributed by atoms with Gasteiger partial charge < -0.3 is 15.4 Å². The van der Waals surface area contributed by atoms with Crippen LogP contribution < -0.4 is 10.5 Å². The summed E-state index contributed by atoms with van der Waals surface area (Å²) in [5.41, 5.74) is 7.80. The van der Waals surface area contributed by atoms with E-state index in [0.29, 0.717) is 22.9 Å². The average molecular weight is 271 g/mol. The highest BCUT2D eigenvalue weighted by atomic mass is 16.5. The van der Waals surface area contributed by atoms with Gasteiger partial charge in [0.25, 0.3) is 5.91 Å². The topological polar surface area (TPSA) is 68.5 Å². The van der Waals surface area contributed by atoms with Crippen molar-refractivity contribution in [1.82, 2.24) is 9.88 Å². The molecule has 0 saturated carbocycles. The van der Waals surface area contributed by atoms with E-state index in [0.717, 1.165) is 5.56 Å². The molecule has 1 aromatic heterocycles. The lowest BCUT2D eigenvalue weighted by Gasteiger charge is -2.12. The highest BCUT2D eigenvalue weighted by Gasteiger charge is 2.11. The number of nitrogens with zero attached hydrogens (tertiary/aromatic N) is 2. The highest BCUT2D eigenvalue weighted by molar-refractivity contribution is 5.92. The van der Waals surface area contributed by atoms with Crippen LogP contribution in [0.4, 0.5) is 5.69 Å². The minimum Gasteiger partial charge on any atom is -0.455 e. The first-order valence-corrected chi connectivity index (χ1v) is 6.19.